The molecule has 106 valence electrons. The van der Waals surface area contributed by atoms with Crippen molar-refractivity contribution in [3.05, 3.63) is 65.5 Å². The molecule has 0 saturated heterocycles. The lowest BCUT2D eigenvalue weighted by Crippen LogP contribution is -2.15. The van der Waals surface area contributed by atoms with Crippen LogP contribution in [0.15, 0.2) is 48.5 Å². The molecule has 20 heavy (non-hydrogen) atoms. The zero-order valence-corrected chi connectivity index (χ0v) is 11.7. The molecule has 0 bridgehead atoms. The summed E-state index contributed by atoms with van der Waals surface area (Å²) in [6.45, 7) is 4.32. The molecule has 0 fully saturated rings. The lowest BCUT2D eigenvalue weighted by atomic mass is 10.1. The van der Waals surface area contributed by atoms with Crippen LogP contribution in [0.2, 0.25) is 0 Å². The van der Waals surface area contributed by atoms with Gasteiger partial charge in [0, 0.05) is 6.54 Å². The maximum absolute atomic E-state index is 13.5. The van der Waals surface area contributed by atoms with E-state index in [4.69, 9.17) is 4.74 Å². The van der Waals surface area contributed by atoms with Gasteiger partial charge in [-0.1, -0.05) is 43.3 Å². The van der Waals surface area contributed by atoms with Crippen LogP contribution in [-0.4, -0.2) is 6.54 Å². The van der Waals surface area contributed by atoms with Crippen molar-refractivity contribution < 1.29 is 9.13 Å². The van der Waals surface area contributed by atoms with E-state index in [0.717, 1.165) is 25.1 Å². The Balaban J connectivity index is 2.00. The molecule has 0 spiro atoms. The molecule has 2 aromatic rings. The van der Waals surface area contributed by atoms with Gasteiger partial charge in [-0.15, -0.1) is 0 Å². The monoisotopic (exact) mass is 273 g/mol. The van der Waals surface area contributed by atoms with Crippen LogP contribution in [0.4, 0.5) is 4.39 Å². The number of halogens is 1. The Bertz CT molecular complexity index is 542. The van der Waals surface area contributed by atoms with E-state index in [-0.39, 0.29) is 5.82 Å². The van der Waals surface area contributed by atoms with Gasteiger partial charge in [0.1, 0.15) is 6.61 Å². The zero-order chi connectivity index (χ0) is 14.2. The molecule has 0 aliphatic carbocycles. The molecular formula is C17H20FNO. The minimum Gasteiger partial charge on any atom is -0.486 e. The van der Waals surface area contributed by atoms with E-state index < -0.39 is 0 Å². The number of nitrogens with one attached hydrogen (secondary N) is 1. The fourth-order valence-electron chi connectivity index (χ4n) is 1.99. The first kappa shape index (κ1) is 14.5. The van der Waals surface area contributed by atoms with Crippen molar-refractivity contribution in [2.75, 3.05) is 6.54 Å². The van der Waals surface area contributed by atoms with Crippen molar-refractivity contribution in [1.29, 1.82) is 0 Å². The third-order valence-corrected chi connectivity index (χ3v) is 3.08. The van der Waals surface area contributed by atoms with Crippen molar-refractivity contribution in [3.63, 3.8) is 0 Å². The van der Waals surface area contributed by atoms with Crippen LogP contribution >= 0.6 is 0 Å². The molecule has 2 aromatic carbocycles. The molecule has 0 heterocycles. The number of para-hydroxylation sites is 1. The largest absolute Gasteiger partial charge is 0.486 e. The molecule has 0 saturated carbocycles. The Morgan fingerprint density at radius 3 is 2.45 bits per heavy atom. The summed E-state index contributed by atoms with van der Waals surface area (Å²) in [5.41, 5.74) is 2.27. The predicted molar refractivity (Wildman–Crippen MR) is 79.2 cm³/mol. The quantitative estimate of drug-likeness (QED) is 0.772. The minimum atomic E-state index is -0.325. The summed E-state index contributed by atoms with van der Waals surface area (Å²) in [6.07, 6.45) is 1.11. The van der Waals surface area contributed by atoms with Crippen molar-refractivity contribution in [3.8, 4) is 5.75 Å². The second kappa shape index (κ2) is 7.65. The highest BCUT2D eigenvalue weighted by molar-refractivity contribution is 5.28. The third-order valence-electron chi connectivity index (χ3n) is 3.08. The first-order valence-corrected chi connectivity index (χ1v) is 6.96. The summed E-state index contributed by atoms with van der Waals surface area (Å²) in [5, 5.41) is 3.37. The van der Waals surface area contributed by atoms with Gasteiger partial charge in [0.15, 0.2) is 11.6 Å². The van der Waals surface area contributed by atoms with E-state index in [1.54, 1.807) is 18.2 Å². The van der Waals surface area contributed by atoms with Crippen molar-refractivity contribution in [1.82, 2.24) is 5.32 Å². The van der Waals surface area contributed by atoms with Crippen LogP contribution in [0.3, 0.4) is 0 Å². The SMILES string of the molecule is CCCNCc1ccccc1COc1ccccc1F. The number of hydrogen-bond acceptors (Lipinski definition) is 2. The molecular weight excluding hydrogens is 253 g/mol. The first-order chi connectivity index (χ1) is 9.81. The molecule has 0 aromatic heterocycles. The first-order valence-electron chi connectivity index (χ1n) is 6.96. The Morgan fingerprint density at radius 2 is 1.70 bits per heavy atom. The van der Waals surface area contributed by atoms with Gasteiger partial charge in [0.05, 0.1) is 0 Å². The van der Waals surface area contributed by atoms with Crippen molar-refractivity contribution in [2.24, 2.45) is 0 Å². The van der Waals surface area contributed by atoms with Crippen molar-refractivity contribution in [2.45, 2.75) is 26.5 Å². The Kier molecular flexibility index (Phi) is 5.56. The molecule has 0 aliphatic rings. The smallest absolute Gasteiger partial charge is 0.165 e. The second-order valence-corrected chi connectivity index (χ2v) is 4.66. The van der Waals surface area contributed by atoms with Crippen LogP contribution < -0.4 is 10.1 Å². The van der Waals surface area contributed by atoms with Gasteiger partial charge >= 0.3 is 0 Å². The fraction of sp³-hybridized carbons (Fsp3) is 0.294. The highest BCUT2D eigenvalue weighted by Gasteiger charge is 2.05. The lowest BCUT2D eigenvalue weighted by molar-refractivity contribution is 0.289. The zero-order valence-electron chi connectivity index (χ0n) is 11.7. The van der Waals surface area contributed by atoms with Crippen LogP contribution in [-0.2, 0) is 13.2 Å². The van der Waals surface area contributed by atoms with Gasteiger partial charge in [0.2, 0.25) is 0 Å². The van der Waals surface area contributed by atoms with Gasteiger partial charge < -0.3 is 10.1 Å². The number of benzene rings is 2. The number of ether oxygens (including phenoxy) is 1. The van der Waals surface area contributed by atoms with E-state index in [2.05, 4.69) is 18.3 Å². The Labute approximate surface area is 119 Å². The van der Waals surface area contributed by atoms with E-state index in [0.29, 0.717) is 12.4 Å². The maximum atomic E-state index is 13.5. The molecule has 2 nitrogen and oxygen atoms in total. The summed E-state index contributed by atoms with van der Waals surface area (Å²) in [5.74, 6) is -0.0297. The number of hydrogen-bond donors (Lipinski definition) is 1. The Hall–Kier alpha value is -1.87. The van der Waals surface area contributed by atoms with E-state index in [1.807, 2.05) is 18.2 Å². The fourth-order valence-corrected chi connectivity index (χ4v) is 1.99. The highest BCUT2D eigenvalue weighted by Crippen LogP contribution is 2.18. The summed E-state index contributed by atoms with van der Waals surface area (Å²) in [6, 6.07) is 14.6. The average Bonchev–Trinajstić information content (AvgIpc) is 2.48. The normalized spacial score (nSPS) is 10.5. The van der Waals surface area contributed by atoms with Crippen LogP contribution in [0.25, 0.3) is 0 Å². The van der Waals surface area contributed by atoms with Crippen LogP contribution in [0, 0.1) is 5.82 Å². The van der Waals surface area contributed by atoms with Gasteiger partial charge in [-0.25, -0.2) is 4.39 Å². The summed E-state index contributed by atoms with van der Waals surface area (Å²) in [7, 11) is 0. The molecule has 1 N–H and O–H groups in total. The molecule has 0 unspecified atom stereocenters. The van der Waals surface area contributed by atoms with Gasteiger partial charge in [-0.2, -0.15) is 0 Å². The summed E-state index contributed by atoms with van der Waals surface area (Å²) >= 11 is 0. The molecule has 0 amide bonds. The third kappa shape index (κ3) is 4.07. The summed E-state index contributed by atoms with van der Waals surface area (Å²) in [4.78, 5) is 0. The Morgan fingerprint density at radius 1 is 1.00 bits per heavy atom. The van der Waals surface area contributed by atoms with E-state index in [9.17, 15) is 4.39 Å². The highest BCUT2D eigenvalue weighted by atomic mass is 19.1. The van der Waals surface area contributed by atoms with Crippen LogP contribution in [0.1, 0.15) is 24.5 Å². The summed E-state index contributed by atoms with van der Waals surface area (Å²) < 4.78 is 19.1. The van der Waals surface area contributed by atoms with Crippen LogP contribution in [0.5, 0.6) is 5.75 Å². The maximum Gasteiger partial charge on any atom is 0.165 e. The second-order valence-electron chi connectivity index (χ2n) is 4.66. The van der Waals surface area contributed by atoms with Crippen molar-refractivity contribution >= 4 is 0 Å². The predicted octanol–water partition coefficient (Wildman–Crippen LogP) is 3.90. The molecule has 3 heteroatoms. The van der Waals surface area contributed by atoms with Gasteiger partial charge in [-0.3, -0.25) is 0 Å². The average molecular weight is 273 g/mol. The lowest BCUT2D eigenvalue weighted by Gasteiger charge is -2.12. The molecule has 0 atom stereocenters. The topological polar surface area (TPSA) is 21.3 Å². The van der Waals surface area contributed by atoms with E-state index >= 15 is 0 Å². The van der Waals surface area contributed by atoms with E-state index in [1.165, 1.54) is 11.6 Å². The molecule has 2 rings (SSSR count). The molecule has 0 radical (unpaired) electrons. The number of rotatable bonds is 7. The molecule has 0 aliphatic heterocycles. The minimum absolute atomic E-state index is 0.295. The standard InChI is InChI=1S/C17H20FNO/c1-2-11-19-12-14-7-3-4-8-15(14)13-20-17-10-6-5-9-16(17)18/h3-10,19H,2,11-13H2,1H3. The van der Waals surface area contributed by atoms with Gasteiger partial charge in [0.25, 0.3) is 0 Å². The van der Waals surface area contributed by atoms with Gasteiger partial charge in [-0.05, 0) is 36.2 Å².